The van der Waals surface area contributed by atoms with E-state index in [-0.39, 0.29) is 24.4 Å². The van der Waals surface area contributed by atoms with Crippen LogP contribution in [0, 0.1) is 0 Å². The molecule has 3 nitrogen and oxygen atoms in total. The van der Waals surface area contributed by atoms with E-state index in [1.54, 1.807) is 0 Å². The lowest BCUT2D eigenvalue weighted by Crippen LogP contribution is -2.42. The summed E-state index contributed by atoms with van der Waals surface area (Å²) in [5.41, 5.74) is 1.18. The number of amides is 1. The highest BCUT2D eigenvalue weighted by Crippen LogP contribution is 2.20. The maximum absolute atomic E-state index is 12.3. The van der Waals surface area contributed by atoms with Crippen molar-refractivity contribution in [1.29, 1.82) is 0 Å². The normalized spacial score (nSPS) is 19.8. The fraction of sp³-hybridized carbons (Fsp3) is 0.533. The fourth-order valence-corrected chi connectivity index (χ4v) is 3.23. The largest absolute Gasteiger partial charge is 0.339 e. The molecule has 1 aliphatic rings. The van der Waals surface area contributed by atoms with Gasteiger partial charge in [0.1, 0.15) is 0 Å². The Kier molecular flexibility index (Phi) is 7.41. The van der Waals surface area contributed by atoms with Gasteiger partial charge in [-0.3, -0.25) is 4.79 Å². The number of carbonyl (C=O) groups is 1. The number of rotatable bonds is 4. The van der Waals surface area contributed by atoms with E-state index in [2.05, 4.69) is 24.4 Å². The van der Waals surface area contributed by atoms with Gasteiger partial charge in [0.15, 0.2) is 0 Å². The minimum Gasteiger partial charge on any atom is -0.339 e. The zero-order valence-electron chi connectivity index (χ0n) is 12.0. The van der Waals surface area contributed by atoms with Crippen molar-refractivity contribution in [2.45, 2.75) is 25.4 Å². The SMILES string of the molecule is CC(c1ccccc1)N(C)C(=O)CC1CSCCN1.Cl. The molecule has 112 valence electrons. The van der Waals surface area contributed by atoms with Gasteiger partial charge in [-0.2, -0.15) is 11.8 Å². The average molecular weight is 315 g/mol. The Balaban J connectivity index is 0.00000200. The summed E-state index contributed by atoms with van der Waals surface area (Å²) >= 11 is 1.93. The minimum absolute atomic E-state index is 0. The van der Waals surface area contributed by atoms with Gasteiger partial charge in [-0.1, -0.05) is 30.3 Å². The summed E-state index contributed by atoms with van der Waals surface area (Å²) in [6, 6.07) is 10.6. The fourth-order valence-electron chi connectivity index (χ4n) is 2.28. The molecule has 1 fully saturated rings. The number of benzene rings is 1. The van der Waals surface area contributed by atoms with Gasteiger partial charge in [0.2, 0.25) is 5.91 Å². The summed E-state index contributed by atoms with van der Waals surface area (Å²) in [6.45, 7) is 3.09. The highest BCUT2D eigenvalue weighted by Gasteiger charge is 2.22. The van der Waals surface area contributed by atoms with Gasteiger partial charge < -0.3 is 10.2 Å². The molecular formula is C15H23ClN2OS. The van der Waals surface area contributed by atoms with Crippen LogP contribution in [-0.2, 0) is 4.79 Å². The zero-order valence-corrected chi connectivity index (χ0v) is 13.7. The monoisotopic (exact) mass is 314 g/mol. The van der Waals surface area contributed by atoms with E-state index in [0.29, 0.717) is 12.5 Å². The Morgan fingerprint density at radius 2 is 2.15 bits per heavy atom. The molecule has 0 spiro atoms. The molecule has 1 aliphatic heterocycles. The van der Waals surface area contributed by atoms with E-state index in [4.69, 9.17) is 0 Å². The molecule has 0 radical (unpaired) electrons. The Bertz CT molecular complexity index is 410. The lowest BCUT2D eigenvalue weighted by molar-refractivity contribution is -0.132. The Morgan fingerprint density at radius 3 is 2.75 bits per heavy atom. The number of thioether (sulfide) groups is 1. The van der Waals surface area contributed by atoms with Crippen LogP contribution in [0.4, 0.5) is 0 Å². The summed E-state index contributed by atoms with van der Waals surface area (Å²) in [5.74, 6) is 2.41. The van der Waals surface area contributed by atoms with E-state index in [1.165, 1.54) is 5.56 Å². The first-order valence-corrected chi connectivity index (χ1v) is 7.95. The van der Waals surface area contributed by atoms with Crippen LogP contribution < -0.4 is 5.32 Å². The molecule has 1 aromatic rings. The van der Waals surface area contributed by atoms with Crippen LogP contribution in [0.2, 0.25) is 0 Å². The van der Waals surface area contributed by atoms with Gasteiger partial charge in [-0.05, 0) is 12.5 Å². The zero-order chi connectivity index (χ0) is 13.7. The van der Waals surface area contributed by atoms with Crippen LogP contribution in [0.15, 0.2) is 30.3 Å². The van der Waals surface area contributed by atoms with Crippen LogP contribution in [0.1, 0.15) is 24.9 Å². The highest BCUT2D eigenvalue weighted by atomic mass is 35.5. The van der Waals surface area contributed by atoms with Crippen molar-refractivity contribution >= 4 is 30.1 Å². The van der Waals surface area contributed by atoms with Gasteiger partial charge in [-0.15, -0.1) is 12.4 Å². The molecule has 0 aromatic heterocycles. The van der Waals surface area contributed by atoms with Gasteiger partial charge in [0.25, 0.3) is 0 Å². The van der Waals surface area contributed by atoms with Crippen molar-refractivity contribution in [1.82, 2.24) is 10.2 Å². The van der Waals surface area contributed by atoms with Gasteiger partial charge >= 0.3 is 0 Å². The number of hydrogen-bond acceptors (Lipinski definition) is 3. The number of halogens is 1. The van der Waals surface area contributed by atoms with Crippen LogP contribution in [0.3, 0.4) is 0 Å². The highest BCUT2D eigenvalue weighted by molar-refractivity contribution is 7.99. The second kappa shape index (κ2) is 8.55. The molecule has 0 saturated carbocycles. The maximum Gasteiger partial charge on any atom is 0.224 e. The molecule has 0 aliphatic carbocycles. The smallest absolute Gasteiger partial charge is 0.224 e. The van der Waals surface area contributed by atoms with Crippen molar-refractivity contribution < 1.29 is 4.79 Å². The molecular weight excluding hydrogens is 292 g/mol. The Labute approximate surface area is 131 Å². The summed E-state index contributed by atoms with van der Waals surface area (Å²) in [6.07, 6.45) is 0.598. The van der Waals surface area contributed by atoms with E-state index < -0.39 is 0 Å². The predicted molar refractivity (Wildman–Crippen MR) is 88.6 cm³/mol. The quantitative estimate of drug-likeness (QED) is 0.927. The number of hydrogen-bond donors (Lipinski definition) is 1. The summed E-state index contributed by atoms with van der Waals surface area (Å²) in [4.78, 5) is 14.2. The third-order valence-electron chi connectivity index (χ3n) is 3.68. The third kappa shape index (κ3) is 4.69. The second-order valence-corrected chi connectivity index (χ2v) is 6.17. The first kappa shape index (κ1) is 17.3. The second-order valence-electron chi connectivity index (χ2n) is 5.02. The molecule has 2 rings (SSSR count). The molecule has 1 heterocycles. The van der Waals surface area contributed by atoms with Gasteiger partial charge in [0, 0.05) is 37.6 Å². The van der Waals surface area contributed by atoms with E-state index in [1.807, 2.05) is 41.9 Å². The van der Waals surface area contributed by atoms with Crippen LogP contribution in [-0.4, -0.2) is 41.9 Å². The molecule has 2 unspecified atom stereocenters. The first-order chi connectivity index (χ1) is 9.18. The summed E-state index contributed by atoms with van der Waals surface area (Å²) in [7, 11) is 1.90. The molecule has 1 amide bonds. The Hall–Kier alpha value is -0.710. The summed E-state index contributed by atoms with van der Waals surface area (Å²) in [5, 5.41) is 3.42. The molecule has 0 bridgehead atoms. The molecule has 1 aromatic carbocycles. The van der Waals surface area contributed by atoms with Crippen LogP contribution in [0.25, 0.3) is 0 Å². The van der Waals surface area contributed by atoms with Gasteiger partial charge in [0.05, 0.1) is 6.04 Å². The van der Waals surface area contributed by atoms with E-state index in [0.717, 1.165) is 18.1 Å². The molecule has 5 heteroatoms. The topological polar surface area (TPSA) is 32.3 Å². The number of nitrogens with zero attached hydrogens (tertiary/aromatic N) is 1. The van der Waals surface area contributed by atoms with Crippen molar-refractivity contribution in [2.75, 3.05) is 25.1 Å². The van der Waals surface area contributed by atoms with Crippen LogP contribution in [0.5, 0.6) is 0 Å². The lowest BCUT2D eigenvalue weighted by atomic mass is 10.1. The average Bonchev–Trinajstić information content (AvgIpc) is 2.47. The minimum atomic E-state index is 0. The third-order valence-corrected chi connectivity index (χ3v) is 4.81. The van der Waals surface area contributed by atoms with Crippen LogP contribution >= 0.6 is 24.2 Å². The predicted octanol–water partition coefficient (Wildman–Crippen LogP) is 2.72. The molecule has 1 N–H and O–H groups in total. The standard InChI is InChI=1S/C15H22N2OS.ClH/c1-12(13-6-4-3-5-7-13)17(2)15(18)10-14-11-19-9-8-16-14;/h3-7,12,14,16H,8-11H2,1-2H3;1H. The molecule has 20 heavy (non-hydrogen) atoms. The van der Waals surface area contributed by atoms with Crippen molar-refractivity contribution in [3.63, 3.8) is 0 Å². The van der Waals surface area contributed by atoms with Crippen molar-refractivity contribution in [2.24, 2.45) is 0 Å². The van der Waals surface area contributed by atoms with E-state index in [9.17, 15) is 4.79 Å². The first-order valence-electron chi connectivity index (χ1n) is 6.80. The summed E-state index contributed by atoms with van der Waals surface area (Å²) < 4.78 is 0. The number of carbonyl (C=O) groups excluding carboxylic acids is 1. The van der Waals surface area contributed by atoms with Crippen molar-refractivity contribution in [3.05, 3.63) is 35.9 Å². The van der Waals surface area contributed by atoms with Gasteiger partial charge in [-0.25, -0.2) is 0 Å². The Morgan fingerprint density at radius 1 is 1.45 bits per heavy atom. The molecule has 1 saturated heterocycles. The lowest BCUT2D eigenvalue weighted by Gasteiger charge is -2.29. The maximum atomic E-state index is 12.3. The van der Waals surface area contributed by atoms with E-state index >= 15 is 0 Å². The van der Waals surface area contributed by atoms with Crippen molar-refractivity contribution in [3.8, 4) is 0 Å². The number of nitrogens with one attached hydrogen (secondary N) is 1. The molecule has 2 atom stereocenters.